The minimum Gasteiger partial charge on any atom is -0.324 e. The van der Waals surface area contributed by atoms with Gasteiger partial charge in [-0.2, -0.15) is 4.31 Å². The summed E-state index contributed by atoms with van der Waals surface area (Å²) in [4.78, 5) is 27.6. The zero-order chi connectivity index (χ0) is 24.7. The molecule has 0 bridgehead atoms. The third-order valence-corrected chi connectivity index (χ3v) is 10.8. The van der Waals surface area contributed by atoms with Crippen LogP contribution >= 0.6 is 27.7 Å². The molecule has 7 nitrogen and oxygen atoms in total. The molecule has 182 valence electrons. The molecule has 0 unspecified atom stereocenters. The van der Waals surface area contributed by atoms with Gasteiger partial charge in [0.25, 0.3) is 0 Å². The van der Waals surface area contributed by atoms with Crippen LogP contribution in [0, 0.1) is 6.92 Å². The van der Waals surface area contributed by atoms with Gasteiger partial charge >= 0.3 is 0 Å². The maximum Gasteiger partial charge on any atom is 0.248 e. The minimum atomic E-state index is -3.67. The zero-order valence-electron chi connectivity index (χ0n) is 19.4. The Morgan fingerprint density at radius 2 is 1.88 bits per heavy atom. The molecule has 2 aromatic carbocycles. The first kappa shape index (κ1) is 25.2. The van der Waals surface area contributed by atoms with Crippen molar-refractivity contribution >= 4 is 55.2 Å². The number of aryl methyl sites for hydroxylation is 1. The number of thioether (sulfide) groups is 1. The van der Waals surface area contributed by atoms with Gasteiger partial charge in [0.15, 0.2) is 0 Å². The van der Waals surface area contributed by atoms with Crippen molar-refractivity contribution in [3.8, 4) is 0 Å². The van der Waals surface area contributed by atoms with Gasteiger partial charge in [-0.3, -0.25) is 9.59 Å². The highest BCUT2D eigenvalue weighted by molar-refractivity contribution is 9.10. The van der Waals surface area contributed by atoms with E-state index in [4.69, 9.17) is 0 Å². The van der Waals surface area contributed by atoms with E-state index >= 15 is 0 Å². The fraction of sp³-hybridized carbons (Fsp3) is 0.417. The van der Waals surface area contributed by atoms with Crippen molar-refractivity contribution in [3.63, 3.8) is 0 Å². The molecule has 2 fully saturated rings. The van der Waals surface area contributed by atoms with E-state index in [9.17, 15) is 18.0 Å². The number of nitrogens with zero attached hydrogens (tertiary/aromatic N) is 2. The van der Waals surface area contributed by atoms with E-state index < -0.39 is 20.9 Å². The molecule has 2 aliphatic heterocycles. The topological polar surface area (TPSA) is 86.8 Å². The predicted molar refractivity (Wildman–Crippen MR) is 138 cm³/mol. The van der Waals surface area contributed by atoms with Gasteiger partial charge in [0.2, 0.25) is 21.8 Å². The zero-order valence-corrected chi connectivity index (χ0v) is 22.6. The van der Waals surface area contributed by atoms with Crippen molar-refractivity contribution in [2.75, 3.05) is 24.2 Å². The van der Waals surface area contributed by atoms with Crippen LogP contribution in [0.4, 0.5) is 5.69 Å². The van der Waals surface area contributed by atoms with E-state index in [0.29, 0.717) is 42.9 Å². The van der Waals surface area contributed by atoms with Gasteiger partial charge in [0, 0.05) is 35.4 Å². The smallest absolute Gasteiger partial charge is 0.248 e. The molecule has 2 aromatic rings. The lowest BCUT2D eigenvalue weighted by Crippen LogP contribution is -2.48. The van der Waals surface area contributed by atoms with E-state index in [1.807, 2.05) is 24.3 Å². The fourth-order valence-corrected chi connectivity index (χ4v) is 8.36. The monoisotopic (exact) mass is 565 g/mol. The van der Waals surface area contributed by atoms with E-state index in [1.54, 1.807) is 49.6 Å². The summed E-state index contributed by atoms with van der Waals surface area (Å²) in [5, 5.41) is 2.87. The Morgan fingerprint density at radius 1 is 1.21 bits per heavy atom. The summed E-state index contributed by atoms with van der Waals surface area (Å²) >= 11 is 5.07. The number of sulfonamides is 1. The van der Waals surface area contributed by atoms with Crippen molar-refractivity contribution in [1.82, 2.24) is 9.21 Å². The third kappa shape index (κ3) is 4.29. The number of hydrogen-bond acceptors (Lipinski definition) is 5. The second-order valence-electron chi connectivity index (χ2n) is 8.44. The molecule has 0 spiro atoms. The lowest BCUT2D eigenvalue weighted by molar-refractivity contribution is -0.136. The molecule has 2 atom stereocenters. The van der Waals surface area contributed by atoms with Gasteiger partial charge in [0.05, 0.1) is 4.90 Å². The van der Waals surface area contributed by atoms with Crippen LogP contribution in [-0.4, -0.2) is 54.3 Å². The average molecular weight is 567 g/mol. The second-order valence-corrected chi connectivity index (χ2v) is 12.6. The Hall–Kier alpha value is -1.88. The van der Waals surface area contributed by atoms with Crippen molar-refractivity contribution < 1.29 is 18.0 Å². The van der Waals surface area contributed by atoms with Gasteiger partial charge in [-0.15, -0.1) is 11.8 Å². The Bertz CT molecular complexity index is 1220. The summed E-state index contributed by atoms with van der Waals surface area (Å²) in [6.45, 7) is 6.06. The molecule has 0 aliphatic carbocycles. The summed E-state index contributed by atoms with van der Waals surface area (Å²) in [5.74, 6) is 0.128. The molecule has 2 aliphatic rings. The van der Waals surface area contributed by atoms with Crippen molar-refractivity contribution in [2.45, 2.75) is 49.4 Å². The molecule has 4 rings (SSSR count). The first-order chi connectivity index (χ1) is 16.1. The van der Waals surface area contributed by atoms with Crippen LogP contribution in [0.15, 0.2) is 51.8 Å². The number of carbonyl (C=O) groups is 2. The summed E-state index contributed by atoms with van der Waals surface area (Å²) in [6.07, 6.45) is 1.04. The molecule has 0 radical (unpaired) electrons. The Morgan fingerprint density at radius 3 is 2.53 bits per heavy atom. The first-order valence-corrected chi connectivity index (χ1v) is 14.5. The lowest BCUT2D eigenvalue weighted by Gasteiger charge is -2.34. The molecule has 2 amide bonds. The number of rotatable bonds is 7. The molecule has 0 aromatic heterocycles. The van der Waals surface area contributed by atoms with E-state index in [1.165, 1.54) is 10.4 Å². The Kier molecular flexibility index (Phi) is 7.15. The maximum atomic E-state index is 13.3. The van der Waals surface area contributed by atoms with Crippen LogP contribution in [0.1, 0.15) is 37.8 Å². The van der Waals surface area contributed by atoms with Gasteiger partial charge in [-0.05, 0) is 48.7 Å². The molecule has 2 heterocycles. The number of halogens is 1. The van der Waals surface area contributed by atoms with Gasteiger partial charge < -0.3 is 10.2 Å². The molecule has 1 N–H and O–H groups in total. The summed E-state index contributed by atoms with van der Waals surface area (Å²) in [6, 6.07) is 12.2. The van der Waals surface area contributed by atoms with Crippen LogP contribution in [0.25, 0.3) is 0 Å². The largest absolute Gasteiger partial charge is 0.324 e. The quantitative estimate of drug-likeness (QED) is 0.540. The van der Waals surface area contributed by atoms with Crippen molar-refractivity contribution in [2.24, 2.45) is 0 Å². The molecule has 0 saturated carbocycles. The lowest BCUT2D eigenvalue weighted by atomic mass is 10.0. The van der Waals surface area contributed by atoms with E-state index in [0.717, 1.165) is 10.0 Å². The number of benzene rings is 2. The van der Waals surface area contributed by atoms with Crippen LogP contribution in [0.5, 0.6) is 0 Å². The number of amides is 2. The SMILES string of the molecule is CCN(CC)S(=O)(=O)c1cc(NC(=O)[C@@H]2CS[C@]3(c4ccc(Br)cc4)CCC(=O)N23)ccc1C. The predicted octanol–water partition coefficient (Wildman–Crippen LogP) is 4.32. The summed E-state index contributed by atoms with van der Waals surface area (Å²) in [5.41, 5.74) is 2.02. The highest BCUT2D eigenvalue weighted by Crippen LogP contribution is 2.54. The molecule has 34 heavy (non-hydrogen) atoms. The van der Waals surface area contributed by atoms with E-state index in [-0.39, 0.29) is 16.7 Å². The fourth-order valence-electron chi connectivity index (χ4n) is 4.73. The maximum absolute atomic E-state index is 13.3. The van der Waals surface area contributed by atoms with Crippen molar-refractivity contribution in [3.05, 3.63) is 58.1 Å². The summed E-state index contributed by atoms with van der Waals surface area (Å²) in [7, 11) is -3.67. The van der Waals surface area contributed by atoms with Crippen LogP contribution < -0.4 is 5.32 Å². The van der Waals surface area contributed by atoms with Crippen LogP contribution in [0.2, 0.25) is 0 Å². The molecular weight excluding hydrogens is 538 g/mol. The number of nitrogens with one attached hydrogen (secondary N) is 1. The van der Waals surface area contributed by atoms with Gasteiger partial charge in [-0.1, -0.05) is 48.0 Å². The number of carbonyl (C=O) groups excluding carboxylic acids is 2. The van der Waals surface area contributed by atoms with Crippen molar-refractivity contribution in [1.29, 1.82) is 0 Å². The standard InChI is InChI=1S/C24H28BrN3O4S2/c1-4-27(5-2)34(31,32)21-14-19(11-6-16(21)3)26-23(30)20-15-33-24(13-12-22(29)28(20)24)17-7-9-18(25)10-8-17/h6-11,14,20H,4-5,12-13,15H2,1-3H3,(H,26,30)/t20-,24-/m0/s1. The highest BCUT2D eigenvalue weighted by Gasteiger charge is 2.56. The number of fused-ring (bicyclic) bond motifs is 1. The minimum absolute atomic E-state index is 0.0400. The van der Waals surface area contributed by atoms with Crippen LogP contribution in [0.3, 0.4) is 0 Å². The normalized spacial score (nSPS) is 22.3. The second kappa shape index (κ2) is 9.64. The van der Waals surface area contributed by atoms with E-state index in [2.05, 4.69) is 21.2 Å². The molecule has 10 heteroatoms. The highest BCUT2D eigenvalue weighted by atomic mass is 79.9. The molecule has 2 saturated heterocycles. The Labute approximate surface area is 213 Å². The average Bonchev–Trinajstić information content (AvgIpc) is 3.35. The third-order valence-electron chi connectivity index (χ3n) is 6.50. The Balaban J connectivity index is 1.60. The van der Waals surface area contributed by atoms with Gasteiger partial charge in [0.1, 0.15) is 10.9 Å². The van der Waals surface area contributed by atoms with Gasteiger partial charge in [-0.25, -0.2) is 8.42 Å². The van der Waals surface area contributed by atoms with Crippen LogP contribution in [-0.2, 0) is 24.5 Å². The summed E-state index contributed by atoms with van der Waals surface area (Å²) < 4.78 is 28.5. The first-order valence-electron chi connectivity index (χ1n) is 11.3. The number of hydrogen-bond donors (Lipinski definition) is 1. The number of anilines is 1. The molecular formula is C24H28BrN3O4S2.